The van der Waals surface area contributed by atoms with Gasteiger partial charge in [-0.05, 0) is 59.5 Å². The maximum absolute atomic E-state index is 14.3. The Balaban J connectivity index is 1.86. The fourth-order valence-electron chi connectivity index (χ4n) is 2.89. The van der Waals surface area contributed by atoms with E-state index >= 15 is 0 Å². The van der Waals surface area contributed by atoms with E-state index < -0.39 is 11.6 Å². The SMILES string of the molecule is CC(=O)/C=C/c1cccc(CC(=O)c2cc(-c3cccc(F)c3)ccc2F)c1. The summed E-state index contributed by atoms with van der Waals surface area (Å²) >= 11 is 0. The summed E-state index contributed by atoms with van der Waals surface area (Å²) in [5.41, 5.74) is 2.61. The molecule has 0 atom stereocenters. The van der Waals surface area contributed by atoms with E-state index in [1.165, 1.54) is 43.3 Å². The van der Waals surface area contributed by atoms with E-state index in [1.54, 1.807) is 36.4 Å². The molecule has 0 heterocycles. The molecule has 0 spiro atoms. The first-order chi connectivity index (χ1) is 13.4. The Bertz CT molecular complexity index is 1070. The third-order valence-electron chi connectivity index (χ3n) is 4.25. The molecule has 3 rings (SSSR count). The van der Waals surface area contributed by atoms with Crippen molar-refractivity contribution >= 4 is 17.6 Å². The second-order valence-electron chi connectivity index (χ2n) is 6.49. The first-order valence-corrected chi connectivity index (χ1v) is 8.78. The third-order valence-corrected chi connectivity index (χ3v) is 4.25. The zero-order valence-corrected chi connectivity index (χ0v) is 15.3. The maximum atomic E-state index is 14.3. The lowest BCUT2D eigenvalue weighted by Gasteiger charge is -2.08. The van der Waals surface area contributed by atoms with Crippen molar-refractivity contribution in [3.05, 3.63) is 101 Å². The Kier molecular flexibility index (Phi) is 5.90. The molecule has 3 aromatic carbocycles. The summed E-state index contributed by atoms with van der Waals surface area (Å²) in [6.07, 6.45) is 3.13. The largest absolute Gasteiger partial charge is 0.295 e. The molecule has 0 aromatic heterocycles. The van der Waals surface area contributed by atoms with Gasteiger partial charge < -0.3 is 0 Å². The first kappa shape index (κ1) is 19.4. The smallest absolute Gasteiger partial charge is 0.170 e. The number of benzene rings is 3. The molecule has 0 saturated carbocycles. The van der Waals surface area contributed by atoms with Crippen molar-refractivity contribution in [3.8, 4) is 11.1 Å². The van der Waals surface area contributed by atoms with Crippen LogP contribution in [0, 0.1) is 11.6 Å². The van der Waals surface area contributed by atoms with Gasteiger partial charge in [0, 0.05) is 6.42 Å². The molecule has 3 aromatic rings. The quantitative estimate of drug-likeness (QED) is 0.411. The van der Waals surface area contributed by atoms with Crippen LogP contribution >= 0.6 is 0 Å². The van der Waals surface area contributed by atoms with Gasteiger partial charge in [0.05, 0.1) is 5.56 Å². The zero-order chi connectivity index (χ0) is 20.1. The van der Waals surface area contributed by atoms with Gasteiger partial charge in [0.1, 0.15) is 11.6 Å². The molecule has 0 N–H and O–H groups in total. The summed E-state index contributed by atoms with van der Waals surface area (Å²) in [7, 11) is 0. The highest BCUT2D eigenvalue weighted by Gasteiger charge is 2.14. The molecule has 28 heavy (non-hydrogen) atoms. The minimum Gasteiger partial charge on any atom is -0.295 e. The third kappa shape index (κ3) is 4.86. The Labute approximate surface area is 162 Å². The lowest BCUT2D eigenvalue weighted by atomic mass is 9.97. The summed E-state index contributed by atoms with van der Waals surface area (Å²) in [5, 5.41) is 0. The number of allylic oxidation sites excluding steroid dienone is 1. The Morgan fingerprint density at radius 1 is 0.893 bits per heavy atom. The number of hydrogen-bond donors (Lipinski definition) is 0. The van der Waals surface area contributed by atoms with Crippen molar-refractivity contribution in [3.63, 3.8) is 0 Å². The molecule has 0 bridgehead atoms. The van der Waals surface area contributed by atoms with Crippen molar-refractivity contribution in [1.82, 2.24) is 0 Å². The van der Waals surface area contributed by atoms with Gasteiger partial charge in [0.25, 0.3) is 0 Å². The van der Waals surface area contributed by atoms with Crippen LogP contribution in [-0.4, -0.2) is 11.6 Å². The molecular formula is C24H18F2O2. The van der Waals surface area contributed by atoms with E-state index in [0.29, 0.717) is 16.7 Å². The van der Waals surface area contributed by atoms with Crippen LogP contribution < -0.4 is 0 Å². The molecule has 0 amide bonds. The number of Topliss-reactive ketones (excluding diaryl/α,β-unsaturated/α-hetero) is 1. The summed E-state index contributed by atoms with van der Waals surface area (Å²) in [6, 6.07) is 17.3. The molecule has 0 aliphatic carbocycles. The minimum absolute atomic E-state index is 0.0191. The average Bonchev–Trinajstić information content (AvgIpc) is 2.67. The van der Waals surface area contributed by atoms with Crippen LogP contribution in [0.4, 0.5) is 8.78 Å². The lowest BCUT2D eigenvalue weighted by Crippen LogP contribution is -2.06. The molecule has 0 aliphatic heterocycles. The number of carbonyl (C=O) groups is 2. The molecule has 0 saturated heterocycles. The van der Waals surface area contributed by atoms with Crippen molar-refractivity contribution in [1.29, 1.82) is 0 Å². The van der Waals surface area contributed by atoms with Gasteiger partial charge in [0.15, 0.2) is 11.6 Å². The van der Waals surface area contributed by atoms with Crippen LogP contribution in [0.5, 0.6) is 0 Å². The van der Waals surface area contributed by atoms with Crippen molar-refractivity contribution in [2.45, 2.75) is 13.3 Å². The molecule has 0 aliphatic rings. The summed E-state index contributed by atoms with van der Waals surface area (Å²) in [4.78, 5) is 23.7. The predicted octanol–water partition coefficient (Wildman–Crippen LogP) is 5.66. The molecule has 0 radical (unpaired) electrons. The summed E-state index contributed by atoms with van der Waals surface area (Å²) in [6.45, 7) is 1.46. The van der Waals surface area contributed by atoms with Crippen LogP contribution in [0.2, 0.25) is 0 Å². The van der Waals surface area contributed by atoms with Crippen LogP contribution in [0.3, 0.4) is 0 Å². The highest BCUT2D eigenvalue weighted by Crippen LogP contribution is 2.24. The van der Waals surface area contributed by atoms with E-state index in [4.69, 9.17) is 0 Å². The molecule has 0 unspecified atom stereocenters. The van der Waals surface area contributed by atoms with Crippen LogP contribution in [-0.2, 0) is 11.2 Å². The molecule has 140 valence electrons. The van der Waals surface area contributed by atoms with E-state index in [2.05, 4.69) is 0 Å². The van der Waals surface area contributed by atoms with E-state index in [1.807, 2.05) is 6.07 Å². The highest BCUT2D eigenvalue weighted by atomic mass is 19.1. The number of hydrogen-bond acceptors (Lipinski definition) is 2. The van der Waals surface area contributed by atoms with Crippen LogP contribution in [0.1, 0.15) is 28.4 Å². The van der Waals surface area contributed by atoms with Gasteiger partial charge in [-0.25, -0.2) is 8.78 Å². The number of halogens is 2. The van der Waals surface area contributed by atoms with Crippen molar-refractivity contribution < 1.29 is 18.4 Å². The van der Waals surface area contributed by atoms with E-state index in [0.717, 1.165) is 5.56 Å². The number of carbonyl (C=O) groups excluding carboxylic acids is 2. The monoisotopic (exact) mass is 376 g/mol. The van der Waals surface area contributed by atoms with Crippen LogP contribution in [0.15, 0.2) is 72.8 Å². The normalized spacial score (nSPS) is 11.0. The second-order valence-corrected chi connectivity index (χ2v) is 6.49. The molecular weight excluding hydrogens is 358 g/mol. The van der Waals surface area contributed by atoms with Gasteiger partial charge >= 0.3 is 0 Å². The Hall–Kier alpha value is -3.40. The Morgan fingerprint density at radius 2 is 1.64 bits per heavy atom. The Morgan fingerprint density at radius 3 is 2.39 bits per heavy atom. The molecule has 4 heteroatoms. The molecule has 2 nitrogen and oxygen atoms in total. The topological polar surface area (TPSA) is 34.1 Å². The highest BCUT2D eigenvalue weighted by molar-refractivity contribution is 5.99. The van der Waals surface area contributed by atoms with Gasteiger partial charge in [-0.2, -0.15) is 0 Å². The van der Waals surface area contributed by atoms with Gasteiger partial charge in [-0.3, -0.25) is 9.59 Å². The first-order valence-electron chi connectivity index (χ1n) is 8.78. The molecule has 0 fully saturated rings. The van der Waals surface area contributed by atoms with Gasteiger partial charge in [-0.15, -0.1) is 0 Å². The zero-order valence-electron chi connectivity index (χ0n) is 15.3. The maximum Gasteiger partial charge on any atom is 0.170 e. The van der Waals surface area contributed by atoms with Gasteiger partial charge in [-0.1, -0.05) is 48.5 Å². The predicted molar refractivity (Wildman–Crippen MR) is 106 cm³/mol. The van der Waals surface area contributed by atoms with Crippen LogP contribution in [0.25, 0.3) is 17.2 Å². The van der Waals surface area contributed by atoms with E-state index in [9.17, 15) is 18.4 Å². The summed E-state index contributed by atoms with van der Waals surface area (Å²) in [5.74, 6) is -1.45. The van der Waals surface area contributed by atoms with Gasteiger partial charge in [0.2, 0.25) is 0 Å². The fourth-order valence-corrected chi connectivity index (χ4v) is 2.89. The van der Waals surface area contributed by atoms with E-state index in [-0.39, 0.29) is 23.6 Å². The second kappa shape index (κ2) is 8.53. The number of rotatable bonds is 6. The number of ketones is 2. The summed E-state index contributed by atoms with van der Waals surface area (Å²) < 4.78 is 27.7. The minimum atomic E-state index is -0.613. The average molecular weight is 376 g/mol. The lowest BCUT2D eigenvalue weighted by molar-refractivity contribution is -0.112. The van der Waals surface area contributed by atoms with Crippen molar-refractivity contribution in [2.24, 2.45) is 0 Å². The standard InChI is InChI=1S/C24H18F2O2/c1-16(27)8-9-17-4-2-5-18(12-17)13-24(28)22-15-20(10-11-23(22)26)19-6-3-7-21(25)14-19/h2-12,14-15H,13H2,1H3/b9-8+. The fraction of sp³-hybridized carbons (Fsp3) is 0.0833. The van der Waals surface area contributed by atoms with Crippen molar-refractivity contribution in [2.75, 3.05) is 0 Å².